The van der Waals surface area contributed by atoms with Crippen LogP contribution < -0.4 is 5.32 Å². The van der Waals surface area contributed by atoms with Gasteiger partial charge in [0.15, 0.2) is 0 Å². The highest BCUT2D eigenvalue weighted by atomic mass is 16.6. The van der Waals surface area contributed by atoms with Crippen molar-refractivity contribution < 1.29 is 14.5 Å². The van der Waals surface area contributed by atoms with Crippen LogP contribution in [0.25, 0.3) is 0 Å². The lowest BCUT2D eigenvalue weighted by molar-refractivity contribution is -0.385. The average Bonchev–Trinajstić information content (AvgIpc) is 2.44. The first kappa shape index (κ1) is 15.2. The number of hydrogen-bond donors (Lipinski definition) is 1. The standard InChI is InChI=1S/C14H19N3O4/c1-14(2)9-16(6-7-21-14)13(18)11-8-10(15-3)4-5-12(11)17(19)20/h4-5,8,15H,6-7,9H2,1-3H3. The number of hydrogen-bond acceptors (Lipinski definition) is 5. The molecule has 1 aromatic carbocycles. The molecule has 1 saturated heterocycles. The number of nitro benzene ring substituents is 1. The predicted molar refractivity (Wildman–Crippen MR) is 78.6 cm³/mol. The van der Waals surface area contributed by atoms with Crippen LogP contribution in [0.1, 0.15) is 24.2 Å². The summed E-state index contributed by atoms with van der Waals surface area (Å²) in [5.41, 5.74) is 0.146. The predicted octanol–water partition coefficient (Wildman–Crippen LogP) is 1.89. The van der Waals surface area contributed by atoms with Crippen molar-refractivity contribution in [3.63, 3.8) is 0 Å². The summed E-state index contributed by atoms with van der Waals surface area (Å²) < 4.78 is 5.56. The van der Waals surface area contributed by atoms with Crippen LogP contribution in [-0.2, 0) is 4.74 Å². The minimum Gasteiger partial charge on any atom is -0.388 e. The molecular formula is C14H19N3O4. The van der Waals surface area contributed by atoms with Crippen LogP contribution in [0.3, 0.4) is 0 Å². The second-order valence-electron chi connectivity index (χ2n) is 5.57. The van der Waals surface area contributed by atoms with E-state index in [1.165, 1.54) is 12.1 Å². The number of ether oxygens (including phenoxy) is 1. The van der Waals surface area contributed by atoms with E-state index >= 15 is 0 Å². The fraction of sp³-hybridized carbons (Fsp3) is 0.500. The molecule has 0 bridgehead atoms. The second kappa shape index (κ2) is 5.69. The maximum absolute atomic E-state index is 12.6. The fourth-order valence-electron chi connectivity index (χ4n) is 2.38. The van der Waals surface area contributed by atoms with E-state index in [0.717, 1.165) is 0 Å². The zero-order valence-corrected chi connectivity index (χ0v) is 12.4. The van der Waals surface area contributed by atoms with Gasteiger partial charge in [0.25, 0.3) is 11.6 Å². The zero-order chi connectivity index (χ0) is 15.6. The quantitative estimate of drug-likeness (QED) is 0.679. The van der Waals surface area contributed by atoms with E-state index < -0.39 is 10.5 Å². The Hall–Kier alpha value is -2.15. The van der Waals surface area contributed by atoms with Gasteiger partial charge in [0.2, 0.25) is 0 Å². The third kappa shape index (κ3) is 3.30. The molecular weight excluding hydrogens is 274 g/mol. The van der Waals surface area contributed by atoms with Crippen molar-refractivity contribution in [3.8, 4) is 0 Å². The highest BCUT2D eigenvalue weighted by molar-refractivity contribution is 5.99. The highest BCUT2D eigenvalue weighted by Gasteiger charge is 2.33. The average molecular weight is 293 g/mol. The van der Waals surface area contributed by atoms with Crippen LogP contribution in [0.2, 0.25) is 0 Å². The van der Waals surface area contributed by atoms with Gasteiger partial charge in [-0.2, -0.15) is 0 Å². The van der Waals surface area contributed by atoms with Crippen LogP contribution in [0.4, 0.5) is 11.4 Å². The summed E-state index contributed by atoms with van der Waals surface area (Å²) in [6.07, 6.45) is 0. The molecule has 1 aliphatic rings. The first-order valence-corrected chi connectivity index (χ1v) is 6.73. The van der Waals surface area contributed by atoms with Crippen LogP contribution in [0.5, 0.6) is 0 Å². The van der Waals surface area contributed by atoms with Gasteiger partial charge in [0.05, 0.1) is 17.1 Å². The molecule has 0 unspecified atom stereocenters. The van der Waals surface area contributed by atoms with Gasteiger partial charge in [0.1, 0.15) is 5.56 Å². The summed E-state index contributed by atoms with van der Waals surface area (Å²) in [5.74, 6) is -0.338. The number of benzene rings is 1. The first-order valence-electron chi connectivity index (χ1n) is 6.73. The van der Waals surface area contributed by atoms with Gasteiger partial charge < -0.3 is 15.0 Å². The Kier molecular flexibility index (Phi) is 4.13. The van der Waals surface area contributed by atoms with E-state index in [1.807, 2.05) is 13.8 Å². The number of carbonyl (C=O) groups excluding carboxylic acids is 1. The first-order chi connectivity index (χ1) is 9.84. The summed E-state index contributed by atoms with van der Waals surface area (Å²) in [5, 5.41) is 14.0. The molecule has 0 saturated carbocycles. The van der Waals surface area contributed by atoms with Crippen molar-refractivity contribution in [3.05, 3.63) is 33.9 Å². The molecule has 0 atom stereocenters. The Morgan fingerprint density at radius 2 is 2.19 bits per heavy atom. The largest absolute Gasteiger partial charge is 0.388 e. The number of anilines is 1. The molecule has 1 heterocycles. The van der Waals surface area contributed by atoms with E-state index in [4.69, 9.17) is 4.74 Å². The molecule has 1 N–H and O–H groups in total. The van der Waals surface area contributed by atoms with E-state index in [2.05, 4.69) is 5.32 Å². The number of carbonyl (C=O) groups is 1. The number of nitro groups is 1. The Morgan fingerprint density at radius 3 is 2.76 bits per heavy atom. The molecule has 21 heavy (non-hydrogen) atoms. The molecule has 1 amide bonds. The normalized spacial score (nSPS) is 17.4. The molecule has 0 radical (unpaired) electrons. The third-order valence-corrected chi connectivity index (χ3v) is 3.43. The van der Waals surface area contributed by atoms with E-state index in [-0.39, 0.29) is 17.2 Å². The zero-order valence-electron chi connectivity index (χ0n) is 12.4. The van der Waals surface area contributed by atoms with Crippen LogP contribution in [-0.4, -0.2) is 48.1 Å². The van der Waals surface area contributed by atoms with Gasteiger partial charge in [0, 0.05) is 31.9 Å². The van der Waals surface area contributed by atoms with E-state index in [0.29, 0.717) is 25.4 Å². The van der Waals surface area contributed by atoms with Crippen molar-refractivity contribution in [1.82, 2.24) is 4.90 Å². The number of nitrogens with one attached hydrogen (secondary N) is 1. The van der Waals surface area contributed by atoms with Crippen LogP contribution >= 0.6 is 0 Å². The van der Waals surface area contributed by atoms with E-state index in [9.17, 15) is 14.9 Å². The fourth-order valence-corrected chi connectivity index (χ4v) is 2.38. The smallest absolute Gasteiger partial charge is 0.282 e. The van der Waals surface area contributed by atoms with Gasteiger partial charge >= 0.3 is 0 Å². The highest BCUT2D eigenvalue weighted by Crippen LogP contribution is 2.26. The van der Waals surface area contributed by atoms with Crippen molar-refractivity contribution in [2.24, 2.45) is 0 Å². The minimum atomic E-state index is -0.530. The number of nitrogens with zero attached hydrogens (tertiary/aromatic N) is 2. The molecule has 1 aliphatic heterocycles. The molecule has 2 rings (SSSR count). The molecule has 1 fully saturated rings. The molecule has 114 valence electrons. The number of amides is 1. The topological polar surface area (TPSA) is 84.7 Å². The Bertz CT molecular complexity index is 571. The monoisotopic (exact) mass is 293 g/mol. The summed E-state index contributed by atoms with van der Waals surface area (Å²) >= 11 is 0. The van der Waals surface area contributed by atoms with Gasteiger partial charge in [-0.25, -0.2) is 0 Å². The molecule has 0 aliphatic carbocycles. The number of rotatable bonds is 3. The third-order valence-electron chi connectivity index (χ3n) is 3.43. The molecule has 0 spiro atoms. The van der Waals surface area contributed by atoms with Crippen LogP contribution in [0, 0.1) is 10.1 Å². The SMILES string of the molecule is CNc1ccc([N+](=O)[O-])c(C(=O)N2CCOC(C)(C)C2)c1. The number of morpholine rings is 1. The molecule has 7 nitrogen and oxygen atoms in total. The Morgan fingerprint density at radius 1 is 1.48 bits per heavy atom. The van der Waals surface area contributed by atoms with Gasteiger partial charge in [-0.15, -0.1) is 0 Å². The molecule has 7 heteroatoms. The lowest BCUT2D eigenvalue weighted by atomic mass is 10.1. The summed E-state index contributed by atoms with van der Waals surface area (Å²) in [4.78, 5) is 24.8. The lowest BCUT2D eigenvalue weighted by Gasteiger charge is -2.38. The molecule has 1 aromatic rings. The Labute approximate surface area is 123 Å². The molecule has 0 aromatic heterocycles. The Balaban J connectivity index is 2.35. The maximum Gasteiger partial charge on any atom is 0.282 e. The van der Waals surface area contributed by atoms with Crippen molar-refractivity contribution in [2.45, 2.75) is 19.4 Å². The van der Waals surface area contributed by atoms with Gasteiger partial charge in [-0.3, -0.25) is 14.9 Å². The summed E-state index contributed by atoms with van der Waals surface area (Å²) in [7, 11) is 1.70. The van der Waals surface area contributed by atoms with E-state index in [1.54, 1.807) is 18.0 Å². The van der Waals surface area contributed by atoms with Crippen molar-refractivity contribution in [1.29, 1.82) is 0 Å². The van der Waals surface area contributed by atoms with Crippen molar-refractivity contribution >= 4 is 17.3 Å². The van der Waals surface area contributed by atoms with Gasteiger partial charge in [-0.1, -0.05) is 0 Å². The van der Waals surface area contributed by atoms with Gasteiger partial charge in [-0.05, 0) is 26.0 Å². The summed E-state index contributed by atoms with van der Waals surface area (Å²) in [6.45, 7) is 5.06. The van der Waals surface area contributed by atoms with Crippen molar-refractivity contribution in [2.75, 3.05) is 32.1 Å². The summed E-state index contributed by atoms with van der Waals surface area (Å²) in [6, 6.07) is 4.45. The minimum absolute atomic E-state index is 0.101. The second-order valence-corrected chi connectivity index (χ2v) is 5.57. The van der Waals surface area contributed by atoms with Crippen LogP contribution in [0.15, 0.2) is 18.2 Å². The lowest BCUT2D eigenvalue weighted by Crippen LogP contribution is -2.50. The maximum atomic E-state index is 12.6.